The zero-order valence-corrected chi connectivity index (χ0v) is 14.3. The molecule has 0 aliphatic carbocycles. The van der Waals surface area contributed by atoms with Crippen LogP contribution in [0.4, 0.5) is 5.69 Å². The molecule has 1 atom stereocenters. The molecule has 0 fully saturated rings. The normalized spacial score (nSPS) is 11.7. The first-order valence-electron chi connectivity index (χ1n) is 7.82. The van der Waals surface area contributed by atoms with E-state index in [1.807, 2.05) is 35.7 Å². The number of amides is 2. The van der Waals surface area contributed by atoms with Crippen LogP contribution in [0.1, 0.15) is 47.8 Å². The molecule has 0 saturated heterocycles. The lowest BCUT2D eigenvalue weighted by Crippen LogP contribution is -2.27. The van der Waals surface area contributed by atoms with Crippen molar-refractivity contribution in [3.8, 4) is 0 Å². The average molecular weight is 330 g/mol. The van der Waals surface area contributed by atoms with Crippen LogP contribution in [-0.2, 0) is 4.79 Å². The third kappa shape index (κ3) is 4.93. The summed E-state index contributed by atoms with van der Waals surface area (Å²) < 4.78 is 0. The molecule has 0 spiro atoms. The number of thiophene rings is 1. The van der Waals surface area contributed by atoms with Gasteiger partial charge in [0.2, 0.25) is 5.91 Å². The highest BCUT2D eigenvalue weighted by Crippen LogP contribution is 2.26. The van der Waals surface area contributed by atoms with Gasteiger partial charge in [0.15, 0.2) is 0 Å². The number of hydrogen-bond donors (Lipinski definition) is 2. The fourth-order valence-electron chi connectivity index (χ4n) is 2.26. The van der Waals surface area contributed by atoms with Crippen LogP contribution < -0.4 is 10.6 Å². The summed E-state index contributed by atoms with van der Waals surface area (Å²) in [6, 6.07) is 11.5. The molecular formula is C18H22N2O2S. The van der Waals surface area contributed by atoms with Crippen LogP contribution >= 0.6 is 11.3 Å². The molecule has 1 aromatic heterocycles. The molecule has 1 heterocycles. The highest BCUT2D eigenvalue weighted by Gasteiger charge is 2.11. The minimum Gasteiger partial charge on any atom is -0.351 e. The summed E-state index contributed by atoms with van der Waals surface area (Å²) >= 11 is 1.39. The topological polar surface area (TPSA) is 58.2 Å². The maximum Gasteiger partial charge on any atom is 0.261 e. The molecule has 0 saturated carbocycles. The van der Waals surface area contributed by atoms with Crippen LogP contribution in [0.5, 0.6) is 0 Å². The van der Waals surface area contributed by atoms with Crippen molar-refractivity contribution in [2.45, 2.75) is 32.6 Å². The lowest BCUT2D eigenvalue weighted by atomic mass is 9.97. The third-order valence-electron chi connectivity index (χ3n) is 3.76. The monoisotopic (exact) mass is 330 g/mol. The van der Waals surface area contributed by atoms with Crippen molar-refractivity contribution in [2.24, 2.45) is 0 Å². The number of benzene rings is 1. The zero-order valence-electron chi connectivity index (χ0n) is 13.5. The Morgan fingerprint density at radius 2 is 1.96 bits per heavy atom. The van der Waals surface area contributed by atoms with Gasteiger partial charge in [-0.25, -0.2) is 0 Å². The first kappa shape index (κ1) is 17.2. The van der Waals surface area contributed by atoms with Gasteiger partial charge in [0, 0.05) is 18.7 Å². The molecule has 2 aromatic rings. The average Bonchev–Trinajstić information content (AvgIpc) is 3.09. The van der Waals surface area contributed by atoms with Crippen LogP contribution in [0.2, 0.25) is 0 Å². The fraction of sp³-hybridized carbons (Fsp3) is 0.333. The number of rotatable bonds is 7. The molecule has 2 rings (SSSR count). The van der Waals surface area contributed by atoms with Crippen molar-refractivity contribution >= 4 is 28.8 Å². The van der Waals surface area contributed by atoms with Crippen molar-refractivity contribution in [3.05, 3.63) is 52.2 Å². The van der Waals surface area contributed by atoms with Crippen molar-refractivity contribution in [1.82, 2.24) is 5.32 Å². The van der Waals surface area contributed by atoms with Gasteiger partial charge >= 0.3 is 0 Å². The Labute approximate surface area is 140 Å². The first-order chi connectivity index (χ1) is 11.1. The Morgan fingerprint density at radius 3 is 2.65 bits per heavy atom. The second-order valence-electron chi connectivity index (χ2n) is 5.43. The van der Waals surface area contributed by atoms with E-state index in [-0.39, 0.29) is 18.2 Å². The Morgan fingerprint density at radius 1 is 1.17 bits per heavy atom. The highest BCUT2D eigenvalue weighted by atomic mass is 32.1. The van der Waals surface area contributed by atoms with Crippen molar-refractivity contribution in [2.75, 3.05) is 11.9 Å². The molecule has 4 nitrogen and oxygen atoms in total. The third-order valence-corrected chi connectivity index (χ3v) is 4.63. The number of anilines is 1. The number of nitrogens with one attached hydrogen (secondary N) is 2. The predicted octanol–water partition coefficient (Wildman–Crippen LogP) is 4.02. The van der Waals surface area contributed by atoms with E-state index in [1.165, 1.54) is 11.3 Å². The fourth-order valence-corrected chi connectivity index (χ4v) is 2.90. The quantitative estimate of drug-likeness (QED) is 0.805. The number of carbonyl (C=O) groups is 2. The van der Waals surface area contributed by atoms with E-state index in [4.69, 9.17) is 0 Å². The van der Waals surface area contributed by atoms with E-state index in [0.29, 0.717) is 17.3 Å². The Bertz CT molecular complexity index is 653. The standard InChI is InChI=1S/C18H22N2O2S/c1-3-13(2)14-7-4-5-8-15(14)20-17(21)10-11-19-18(22)16-9-6-12-23-16/h4-9,12-13H,3,10-11H2,1-2H3,(H,19,22)(H,20,21). The van der Waals surface area contributed by atoms with Crippen LogP contribution in [0, 0.1) is 0 Å². The van der Waals surface area contributed by atoms with Gasteiger partial charge in [-0.05, 0) is 35.4 Å². The SMILES string of the molecule is CCC(C)c1ccccc1NC(=O)CCNC(=O)c1cccs1. The minimum atomic E-state index is -0.132. The largest absolute Gasteiger partial charge is 0.351 e. The predicted molar refractivity (Wildman–Crippen MR) is 95.0 cm³/mol. The summed E-state index contributed by atoms with van der Waals surface area (Å²) in [5, 5.41) is 7.56. The van der Waals surface area contributed by atoms with Gasteiger partial charge in [-0.1, -0.05) is 38.1 Å². The lowest BCUT2D eigenvalue weighted by molar-refractivity contribution is -0.116. The van der Waals surface area contributed by atoms with E-state index in [9.17, 15) is 9.59 Å². The molecule has 0 aliphatic rings. The number of carbonyl (C=O) groups excluding carboxylic acids is 2. The van der Waals surface area contributed by atoms with Gasteiger partial charge in [0.1, 0.15) is 0 Å². The molecule has 0 radical (unpaired) electrons. The zero-order chi connectivity index (χ0) is 16.7. The van der Waals surface area contributed by atoms with Gasteiger partial charge in [0.25, 0.3) is 5.91 Å². The Balaban J connectivity index is 1.84. The van der Waals surface area contributed by atoms with E-state index in [0.717, 1.165) is 17.7 Å². The minimum absolute atomic E-state index is 0.0905. The Kier molecular flexibility index (Phi) is 6.35. The molecular weight excluding hydrogens is 308 g/mol. The van der Waals surface area contributed by atoms with Gasteiger partial charge in [-0.15, -0.1) is 11.3 Å². The summed E-state index contributed by atoms with van der Waals surface area (Å²) in [6.07, 6.45) is 1.27. The van der Waals surface area contributed by atoms with E-state index < -0.39 is 0 Å². The Hall–Kier alpha value is -2.14. The first-order valence-corrected chi connectivity index (χ1v) is 8.70. The van der Waals surface area contributed by atoms with E-state index in [2.05, 4.69) is 24.5 Å². The van der Waals surface area contributed by atoms with Gasteiger partial charge in [-0.3, -0.25) is 9.59 Å². The maximum atomic E-state index is 12.1. The van der Waals surface area contributed by atoms with Crippen LogP contribution in [0.3, 0.4) is 0 Å². The summed E-state index contributed by atoms with van der Waals surface area (Å²) in [5.41, 5.74) is 2.00. The second kappa shape index (κ2) is 8.48. The summed E-state index contributed by atoms with van der Waals surface area (Å²) in [5.74, 6) is 0.171. The molecule has 122 valence electrons. The summed E-state index contributed by atoms with van der Waals surface area (Å²) in [4.78, 5) is 24.5. The molecule has 2 N–H and O–H groups in total. The summed E-state index contributed by atoms with van der Waals surface area (Å²) in [6.45, 7) is 4.60. The maximum absolute atomic E-state index is 12.1. The van der Waals surface area contributed by atoms with E-state index >= 15 is 0 Å². The highest BCUT2D eigenvalue weighted by molar-refractivity contribution is 7.12. The molecule has 0 aliphatic heterocycles. The molecule has 1 aromatic carbocycles. The molecule has 0 bridgehead atoms. The molecule has 23 heavy (non-hydrogen) atoms. The lowest BCUT2D eigenvalue weighted by Gasteiger charge is -2.15. The van der Waals surface area contributed by atoms with Crippen LogP contribution in [0.15, 0.2) is 41.8 Å². The second-order valence-corrected chi connectivity index (χ2v) is 6.38. The molecule has 5 heteroatoms. The molecule has 2 amide bonds. The van der Waals surface area contributed by atoms with Crippen molar-refractivity contribution in [1.29, 1.82) is 0 Å². The van der Waals surface area contributed by atoms with Gasteiger partial charge in [-0.2, -0.15) is 0 Å². The van der Waals surface area contributed by atoms with Gasteiger partial charge in [0.05, 0.1) is 4.88 Å². The number of hydrogen-bond acceptors (Lipinski definition) is 3. The summed E-state index contributed by atoms with van der Waals surface area (Å²) in [7, 11) is 0. The number of para-hydroxylation sites is 1. The van der Waals surface area contributed by atoms with Crippen molar-refractivity contribution in [3.63, 3.8) is 0 Å². The van der Waals surface area contributed by atoms with Crippen LogP contribution in [0.25, 0.3) is 0 Å². The van der Waals surface area contributed by atoms with Gasteiger partial charge < -0.3 is 10.6 Å². The molecule has 1 unspecified atom stereocenters. The van der Waals surface area contributed by atoms with Crippen LogP contribution in [-0.4, -0.2) is 18.4 Å². The smallest absolute Gasteiger partial charge is 0.261 e. The van der Waals surface area contributed by atoms with Crippen molar-refractivity contribution < 1.29 is 9.59 Å². The van der Waals surface area contributed by atoms with E-state index in [1.54, 1.807) is 6.07 Å².